The first-order valence-corrected chi connectivity index (χ1v) is 4.49. The van der Waals surface area contributed by atoms with Gasteiger partial charge in [0.05, 0.1) is 6.54 Å². The minimum Gasteiger partial charge on any atom is -0.483 e. The Kier molecular flexibility index (Phi) is 2.37. The van der Waals surface area contributed by atoms with E-state index in [1.54, 1.807) is 24.3 Å². The number of benzene rings is 1. The lowest BCUT2D eigenvalue weighted by atomic mass is 10.2. The van der Waals surface area contributed by atoms with Crippen LogP contribution in [0, 0.1) is 0 Å². The van der Waals surface area contributed by atoms with Gasteiger partial charge in [0, 0.05) is 6.54 Å². The second-order valence-electron chi connectivity index (χ2n) is 3.31. The first kappa shape index (κ1) is 9.40. The Balaban J connectivity index is 2.05. The summed E-state index contributed by atoms with van der Waals surface area (Å²) in [5.74, 6) is -2.28. The molecule has 14 heavy (non-hydrogen) atoms. The SMILES string of the molecule is FC1(F)CNC[C@@H]1Oc1ccccc1. The van der Waals surface area contributed by atoms with Crippen molar-refractivity contribution in [3.05, 3.63) is 30.3 Å². The van der Waals surface area contributed by atoms with Crippen LogP contribution in [0.1, 0.15) is 0 Å². The number of rotatable bonds is 2. The number of alkyl halides is 2. The molecule has 0 saturated carbocycles. The van der Waals surface area contributed by atoms with Crippen LogP contribution in [0.25, 0.3) is 0 Å². The molecule has 1 N–H and O–H groups in total. The van der Waals surface area contributed by atoms with E-state index in [1.807, 2.05) is 6.07 Å². The molecule has 1 atom stereocenters. The molecule has 1 aliphatic heterocycles. The molecule has 2 rings (SSSR count). The van der Waals surface area contributed by atoms with E-state index in [9.17, 15) is 8.78 Å². The molecular weight excluding hydrogens is 188 g/mol. The van der Waals surface area contributed by atoms with Crippen molar-refractivity contribution < 1.29 is 13.5 Å². The van der Waals surface area contributed by atoms with Gasteiger partial charge in [0.2, 0.25) is 0 Å². The molecule has 1 aliphatic rings. The highest BCUT2D eigenvalue weighted by atomic mass is 19.3. The van der Waals surface area contributed by atoms with Crippen molar-refractivity contribution in [2.45, 2.75) is 12.0 Å². The van der Waals surface area contributed by atoms with E-state index in [0.717, 1.165) is 0 Å². The van der Waals surface area contributed by atoms with Crippen molar-refractivity contribution in [1.29, 1.82) is 0 Å². The summed E-state index contributed by atoms with van der Waals surface area (Å²) in [4.78, 5) is 0. The number of halogens is 2. The van der Waals surface area contributed by atoms with Crippen LogP contribution < -0.4 is 10.1 Å². The largest absolute Gasteiger partial charge is 0.483 e. The Morgan fingerprint density at radius 1 is 1.29 bits per heavy atom. The molecule has 4 heteroatoms. The van der Waals surface area contributed by atoms with Gasteiger partial charge in [-0.05, 0) is 12.1 Å². The number of para-hydroxylation sites is 1. The van der Waals surface area contributed by atoms with Gasteiger partial charge in [-0.15, -0.1) is 0 Å². The summed E-state index contributed by atoms with van der Waals surface area (Å²) in [7, 11) is 0. The van der Waals surface area contributed by atoms with Crippen molar-refractivity contribution >= 4 is 0 Å². The first-order chi connectivity index (χ1) is 6.68. The minimum atomic E-state index is -2.77. The molecule has 0 bridgehead atoms. The highest BCUT2D eigenvalue weighted by Crippen LogP contribution is 2.26. The average Bonchev–Trinajstić information content (AvgIpc) is 2.48. The maximum atomic E-state index is 13.1. The van der Waals surface area contributed by atoms with Gasteiger partial charge in [-0.3, -0.25) is 0 Å². The molecule has 0 aromatic heterocycles. The number of ether oxygens (including phenoxy) is 1. The fourth-order valence-corrected chi connectivity index (χ4v) is 1.42. The lowest BCUT2D eigenvalue weighted by Crippen LogP contribution is -2.36. The van der Waals surface area contributed by atoms with Gasteiger partial charge in [0.15, 0.2) is 6.10 Å². The highest BCUT2D eigenvalue weighted by molar-refractivity contribution is 5.21. The van der Waals surface area contributed by atoms with E-state index in [4.69, 9.17) is 4.74 Å². The summed E-state index contributed by atoms with van der Waals surface area (Å²) in [6, 6.07) is 8.69. The second-order valence-corrected chi connectivity index (χ2v) is 3.31. The van der Waals surface area contributed by atoms with Gasteiger partial charge in [0.25, 0.3) is 5.92 Å². The van der Waals surface area contributed by atoms with Crippen LogP contribution in [0.3, 0.4) is 0 Å². The van der Waals surface area contributed by atoms with Crippen molar-refractivity contribution in [2.24, 2.45) is 0 Å². The molecular formula is C10H11F2NO. The predicted molar refractivity (Wildman–Crippen MR) is 48.7 cm³/mol. The normalized spacial score (nSPS) is 24.9. The van der Waals surface area contributed by atoms with Crippen molar-refractivity contribution in [3.63, 3.8) is 0 Å². The maximum absolute atomic E-state index is 13.1. The quantitative estimate of drug-likeness (QED) is 0.782. The second kappa shape index (κ2) is 3.53. The summed E-state index contributed by atoms with van der Waals surface area (Å²) in [5.41, 5.74) is 0. The highest BCUT2D eigenvalue weighted by Gasteiger charge is 2.45. The number of hydrogen-bond donors (Lipinski definition) is 1. The van der Waals surface area contributed by atoms with Gasteiger partial charge in [0.1, 0.15) is 5.75 Å². The molecule has 1 fully saturated rings. The Bertz CT molecular complexity index is 302. The van der Waals surface area contributed by atoms with E-state index < -0.39 is 12.0 Å². The summed E-state index contributed by atoms with van der Waals surface area (Å²) in [6.07, 6.45) is -1.05. The lowest BCUT2D eigenvalue weighted by molar-refractivity contribution is -0.0598. The smallest absolute Gasteiger partial charge is 0.297 e. The van der Waals surface area contributed by atoms with Crippen LogP contribution in [-0.2, 0) is 0 Å². The summed E-state index contributed by atoms with van der Waals surface area (Å²) in [6.45, 7) is -0.105. The van der Waals surface area contributed by atoms with Gasteiger partial charge in [-0.25, -0.2) is 8.78 Å². The van der Waals surface area contributed by atoms with E-state index in [0.29, 0.717) is 5.75 Å². The first-order valence-electron chi connectivity index (χ1n) is 4.49. The fraction of sp³-hybridized carbons (Fsp3) is 0.400. The Labute approximate surface area is 80.9 Å². The zero-order valence-corrected chi connectivity index (χ0v) is 7.54. The molecule has 0 unspecified atom stereocenters. The van der Waals surface area contributed by atoms with Crippen LogP contribution in [0.2, 0.25) is 0 Å². The van der Waals surface area contributed by atoms with E-state index in [2.05, 4.69) is 5.32 Å². The van der Waals surface area contributed by atoms with Crippen molar-refractivity contribution in [3.8, 4) is 5.75 Å². The van der Waals surface area contributed by atoms with Crippen LogP contribution in [-0.4, -0.2) is 25.1 Å². The van der Waals surface area contributed by atoms with Gasteiger partial charge < -0.3 is 10.1 Å². The average molecular weight is 199 g/mol. The monoisotopic (exact) mass is 199 g/mol. The van der Waals surface area contributed by atoms with Crippen molar-refractivity contribution in [1.82, 2.24) is 5.32 Å². The zero-order chi connectivity index (χ0) is 10.0. The maximum Gasteiger partial charge on any atom is 0.297 e. The van der Waals surface area contributed by atoms with E-state index in [1.165, 1.54) is 0 Å². The topological polar surface area (TPSA) is 21.3 Å². The molecule has 2 nitrogen and oxygen atoms in total. The predicted octanol–water partition coefficient (Wildman–Crippen LogP) is 1.67. The molecule has 0 amide bonds. The summed E-state index contributed by atoms with van der Waals surface area (Å²) >= 11 is 0. The number of hydrogen-bond acceptors (Lipinski definition) is 2. The van der Waals surface area contributed by atoms with Gasteiger partial charge >= 0.3 is 0 Å². The molecule has 1 heterocycles. The molecule has 0 radical (unpaired) electrons. The Morgan fingerprint density at radius 3 is 2.57 bits per heavy atom. The van der Waals surface area contributed by atoms with Crippen LogP contribution in [0.4, 0.5) is 8.78 Å². The standard InChI is InChI=1S/C10H11F2NO/c11-10(12)7-13-6-9(10)14-8-4-2-1-3-5-8/h1-5,9,13H,6-7H2/t9-/m0/s1. The molecule has 76 valence electrons. The summed E-state index contributed by atoms with van der Waals surface area (Å²) in [5, 5.41) is 2.61. The van der Waals surface area contributed by atoms with Crippen LogP contribution in [0.5, 0.6) is 5.75 Å². The van der Waals surface area contributed by atoms with Crippen molar-refractivity contribution in [2.75, 3.05) is 13.1 Å². The zero-order valence-electron chi connectivity index (χ0n) is 7.54. The van der Waals surface area contributed by atoms with E-state index >= 15 is 0 Å². The Hall–Kier alpha value is -1.16. The molecule has 0 aliphatic carbocycles. The third-order valence-corrected chi connectivity index (χ3v) is 2.18. The molecule has 1 aromatic rings. The molecule has 1 saturated heterocycles. The Morgan fingerprint density at radius 2 is 2.00 bits per heavy atom. The van der Waals surface area contributed by atoms with Crippen LogP contribution in [0.15, 0.2) is 30.3 Å². The fourth-order valence-electron chi connectivity index (χ4n) is 1.42. The van der Waals surface area contributed by atoms with E-state index in [-0.39, 0.29) is 13.1 Å². The van der Waals surface area contributed by atoms with Gasteiger partial charge in [-0.2, -0.15) is 0 Å². The molecule has 1 aromatic carbocycles. The third-order valence-electron chi connectivity index (χ3n) is 2.18. The minimum absolute atomic E-state index is 0.196. The summed E-state index contributed by atoms with van der Waals surface area (Å²) < 4.78 is 31.4. The molecule has 0 spiro atoms. The van der Waals surface area contributed by atoms with Crippen LogP contribution >= 0.6 is 0 Å². The van der Waals surface area contributed by atoms with Gasteiger partial charge in [-0.1, -0.05) is 18.2 Å². The lowest BCUT2D eigenvalue weighted by Gasteiger charge is -2.19. The number of nitrogens with one attached hydrogen (secondary N) is 1. The third kappa shape index (κ3) is 1.85.